The van der Waals surface area contributed by atoms with Crippen LogP contribution in [0.15, 0.2) is 52.3 Å². The molecule has 0 radical (unpaired) electrons. The van der Waals surface area contributed by atoms with Gasteiger partial charge >= 0.3 is 0 Å². The SMILES string of the molecule is COc1c(C=O)cccc1Sc1ccccc1Cl. The number of para-hydroxylation sites is 1. The number of halogens is 1. The Morgan fingerprint density at radius 2 is 1.83 bits per heavy atom. The zero-order valence-electron chi connectivity index (χ0n) is 9.72. The van der Waals surface area contributed by atoms with E-state index >= 15 is 0 Å². The summed E-state index contributed by atoms with van der Waals surface area (Å²) in [5.74, 6) is 0.581. The Balaban J connectivity index is 2.40. The molecule has 2 aromatic rings. The minimum absolute atomic E-state index is 0.537. The molecule has 0 atom stereocenters. The van der Waals surface area contributed by atoms with Crippen LogP contribution in [-0.4, -0.2) is 13.4 Å². The molecule has 0 fully saturated rings. The lowest BCUT2D eigenvalue weighted by Gasteiger charge is -2.10. The number of hydrogen-bond donors (Lipinski definition) is 0. The van der Waals surface area contributed by atoms with Crippen LogP contribution in [0.2, 0.25) is 5.02 Å². The minimum Gasteiger partial charge on any atom is -0.495 e. The number of carbonyl (C=O) groups is 1. The van der Waals surface area contributed by atoms with Crippen LogP contribution in [0.25, 0.3) is 0 Å². The van der Waals surface area contributed by atoms with Gasteiger partial charge in [0.1, 0.15) is 5.75 Å². The smallest absolute Gasteiger partial charge is 0.153 e. The molecule has 2 aromatic carbocycles. The number of aldehydes is 1. The van der Waals surface area contributed by atoms with Gasteiger partial charge in [-0.25, -0.2) is 0 Å². The highest BCUT2D eigenvalue weighted by Gasteiger charge is 2.10. The Bertz CT molecular complexity index is 569. The monoisotopic (exact) mass is 278 g/mol. The van der Waals surface area contributed by atoms with Crippen LogP contribution in [0.5, 0.6) is 5.75 Å². The van der Waals surface area contributed by atoms with Gasteiger partial charge in [0.15, 0.2) is 6.29 Å². The van der Waals surface area contributed by atoms with E-state index in [9.17, 15) is 4.79 Å². The van der Waals surface area contributed by atoms with E-state index in [0.29, 0.717) is 16.3 Å². The molecule has 92 valence electrons. The molecule has 2 nitrogen and oxygen atoms in total. The zero-order valence-corrected chi connectivity index (χ0v) is 11.3. The molecular weight excluding hydrogens is 268 g/mol. The Labute approximate surface area is 115 Å². The predicted octanol–water partition coefficient (Wildman–Crippen LogP) is 4.31. The fourth-order valence-electron chi connectivity index (χ4n) is 1.57. The van der Waals surface area contributed by atoms with Crippen LogP contribution < -0.4 is 4.74 Å². The summed E-state index contributed by atoms with van der Waals surface area (Å²) in [5.41, 5.74) is 0.537. The van der Waals surface area contributed by atoms with Crippen molar-refractivity contribution in [2.45, 2.75) is 9.79 Å². The maximum Gasteiger partial charge on any atom is 0.153 e. The molecule has 0 spiro atoms. The van der Waals surface area contributed by atoms with Crippen LogP contribution in [-0.2, 0) is 0 Å². The molecule has 18 heavy (non-hydrogen) atoms. The van der Waals surface area contributed by atoms with Gasteiger partial charge < -0.3 is 4.74 Å². The van der Waals surface area contributed by atoms with Crippen molar-refractivity contribution in [3.05, 3.63) is 53.1 Å². The van der Waals surface area contributed by atoms with Crippen molar-refractivity contribution < 1.29 is 9.53 Å². The van der Waals surface area contributed by atoms with E-state index < -0.39 is 0 Å². The number of methoxy groups -OCH3 is 1. The van der Waals surface area contributed by atoms with E-state index in [4.69, 9.17) is 16.3 Å². The molecule has 2 rings (SSSR count). The van der Waals surface area contributed by atoms with Crippen LogP contribution in [0, 0.1) is 0 Å². The molecule has 0 aliphatic rings. The highest BCUT2D eigenvalue weighted by molar-refractivity contribution is 7.99. The summed E-state index contributed by atoms with van der Waals surface area (Å²) in [7, 11) is 1.55. The summed E-state index contributed by atoms with van der Waals surface area (Å²) >= 11 is 7.59. The van der Waals surface area contributed by atoms with Crippen LogP contribution in [0.3, 0.4) is 0 Å². The maximum absolute atomic E-state index is 10.9. The van der Waals surface area contributed by atoms with Crippen LogP contribution >= 0.6 is 23.4 Å². The predicted molar refractivity (Wildman–Crippen MR) is 74.0 cm³/mol. The molecule has 0 aromatic heterocycles. The lowest BCUT2D eigenvalue weighted by molar-refractivity contribution is 0.112. The van der Waals surface area contributed by atoms with Gasteiger partial charge in [0.2, 0.25) is 0 Å². The molecule has 0 aliphatic carbocycles. The van der Waals surface area contributed by atoms with Gasteiger partial charge in [0, 0.05) is 4.90 Å². The Morgan fingerprint density at radius 1 is 1.11 bits per heavy atom. The average Bonchev–Trinajstić information content (AvgIpc) is 2.41. The standard InChI is InChI=1S/C14H11ClO2S/c1-17-14-10(9-16)5-4-8-13(14)18-12-7-3-2-6-11(12)15/h2-9H,1H3. The number of benzene rings is 2. The van der Waals surface area contributed by atoms with Crippen molar-refractivity contribution in [3.63, 3.8) is 0 Å². The lowest BCUT2D eigenvalue weighted by atomic mass is 10.2. The molecule has 0 unspecified atom stereocenters. The molecule has 0 saturated carbocycles. The average molecular weight is 279 g/mol. The number of ether oxygens (including phenoxy) is 1. The van der Waals surface area contributed by atoms with Gasteiger partial charge in [-0.05, 0) is 24.3 Å². The second-order valence-corrected chi connectivity index (χ2v) is 5.02. The summed E-state index contributed by atoms with van der Waals surface area (Å²) in [6, 6.07) is 13.0. The topological polar surface area (TPSA) is 26.3 Å². The Morgan fingerprint density at radius 3 is 2.50 bits per heavy atom. The molecule has 4 heteroatoms. The van der Waals surface area contributed by atoms with Crippen molar-refractivity contribution in [2.75, 3.05) is 7.11 Å². The zero-order chi connectivity index (χ0) is 13.0. The van der Waals surface area contributed by atoms with E-state index in [2.05, 4.69) is 0 Å². The fraction of sp³-hybridized carbons (Fsp3) is 0.0714. The molecular formula is C14H11ClO2S. The second-order valence-electron chi connectivity index (χ2n) is 3.53. The van der Waals surface area contributed by atoms with Crippen LogP contribution in [0.4, 0.5) is 0 Å². The molecule has 0 N–H and O–H groups in total. The number of rotatable bonds is 4. The van der Waals surface area contributed by atoms with Crippen molar-refractivity contribution in [2.24, 2.45) is 0 Å². The van der Waals surface area contributed by atoms with E-state index in [1.807, 2.05) is 36.4 Å². The van der Waals surface area contributed by atoms with Gasteiger partial charge in [-0.15, -0.1) is 0 Å². The molecule has 0 amide bonds. The van der Waals surface area contributed by atoms with E-state index in [0.717, 1.165) is 16.1 Å². The summed E-state index contributed by atoms with van der Waals surface area (Å²) in [6.07, 6.45) is 0.787. The fourth-order valence-corrected chi connectivity index (χ4v) is 2.81. The lowest BCUT2D eigenvalue weighted by Crippen LogP contribution is -1.92. The molecule has 0 aliphatic heterocycles. The quantitative estimate of drug-likeness (QED) is 0.780. The third-order valence-corrected chi connectivity index (χ3v) is 3.96. The third kappa shape index (κ3) is 2.68. The minimum atomic E-state index is 0.537. The van der Waals surface area contributed by atoms with Gasteiger partial charge in [0.05, 0.1) is 22.6 Å². The summed E-state index contributed by atoms with van der Waals surface area (Å²) in [4.78, 5) is 12.7. The first-order chi connectivity index (χ1) is 8.76. The summed E-state index contributed by atoms with van der Waals surface area (Å²) in [5, 5.41) is 0.682. The summed E-state index contributed by atoms with van der Waals surface area (Å²) in [6.45, 7) is 0. The Kier molecular flexibility index (Phi) is 4.28. The van der Waals surface area contributed by atoms with Gasteiger partial charge in [0.25, 0.3) is 0 Å². The Hall–Kier alpha value is -1.45. The van der Waals surface area contributed by atoms with Gasteiger partial charge in [-0.2, -0.15) is 0 Å². The van der Waals surface area contributed by atoms with Crippen molar-refractivity contribution in [1.82, 2.24) is 0 Å². The van der Waals surface area contributed by atoms with Gasteiger partial charge in [-0.1, -0.05) is 41.6 Å². The molecule has 0 saturated heterocycles. The highest BCUT2D eigenvalue weighted by Crippen LogP contribution is 2.39. The third-order valence-electron chi connectivity index (χ3n) is 2.40. The van der Waals surface area contributed by atoms with Crippen molar-refractivity contribution in [1.29, 1.82) is 0 Å². The van der Waals surface area contributed by atoms with E-state index in [1.165, 1.54) is 11.8 Å². The van der Waals surface area contributed by atoms with Crippen molar-refractivity contribution >= 4 is 29.6 Å². The largest absolute Gasteiger partial charge is 0.495 e. The van der Waals surface area contributed by atoms with Crippen LogP contribution in [0.1, 0.15) is 10.4 Å². The number of carbonyl (C=O) groups excluding carboxylic acids is 1. The molecule has 0 heterocycles. The van der Waals surface area contributed by atoms with Gasteiger partial charge in [-0.3, -0.25) is 4.79 Å². The summed E-state index contributed by atoms with van der Waals surface area (Å²) < 4.78 is 5.28. The first-order valence-electron chi connectivity index (χ1n) is 5.31. The first kappa shape index (κ1) is 13.0. The number of hydrogen-bond acceptors (Lipinski definition) is 3. The van der Waals surface area contributed by atoms with Crippen molar-refractivity contribution in [3.8, 4) is 5.75 Å². The second kappa shape index (κ2) is 5.94. The maximum atomic E-state index is 10.9. The van der Waals surface area contributed by atoms with E-state index in [1.54, 1.807) is 13.2 Å². The highest BCUT2D eigenvalue weighted by atomic mass is 35.5. The first-order valence-corrected chi connectivity index (χ1v) is 6.50. The molecule has 0 bridgehead atoms. The normalized spacial score (nSPS) is 10.1. The van der Waals surface area contributed by atoms with E-state index in [-0.39, 0.29) is 0 Å².